The van der Waals surface area contributed by atoms with Gasteiger partial charge in [0.25, 0.3) is 5.91 Å². The van der Waals surface area contributed by atoms with E-state index in [9.17, 15) is 18.0 Å². The normalized spacial score (nSPS) is 21.5. The van der Waals surface area contributed by atoms with Crippen LogP contribution in [0.3, 0.4) is 0 Å². The van der Waals surface area contributed by atoms with E-state index in [1.807, 2.05) is 23.1 Å². The summed E-state index contributed by atoms with van der Waals surface area (Å²) < 4.78 is 23.1. The zero-order valence-electron chi connectivity index (χ0n) is 17.4. The molecular formula is C22H26N4O4S. The van der Waals surface area contributed by atoms with Crippen molar-refractivity contribution in [2.45, 2.75) is 30.3 Å². The van der Waals surface area contributed by atoms with Crippen LogP contribution in [0.1, 0.15) is 41.2 Å². The molecule has 2 heterocycles. The van der Waals surface area contributed by atoms with E-state index < -0.39 is 15.7 Å². The van der Waals surface area contributed by atoms with Gasteiger partial charge < -0.3 is 10.2 Å². The third-order valence-corrected chi connectivity index (χ3v) is 6.87. The minimum atomic E-state index is -3.57. The first-order valence-corrected chi connectivity index (χ1v) is 12.4. The van der Waals surface area contributed by atoms with Crippen molar-refractivity contribution < 1.29 is 18.0 Å². The first-order valence-electron chi connectivity index (χ1n) is 10.5. The lowest BCUT2D eigenvalue weighted by Gasteiger charge is -2.32. The van der Waals surface area contributed by atoms with Gasteiger partial charge in [0, 0.05) is 38.0 Å². The highest BCUT2D eigenvalue weighted by atomic mass is 32.2. The van der Waals surface area contributed by atoms with Crippen molar-refractivity contribution >= 4 is 21.7 Å². The molecule has 31 heavy (non-hydrogen) atoms. The van der Waals surface area contributed by atoms with Gasteiger partial charge in [0.2, 0.25) is 20.9 Å². The van der Waals surface area contributed by atoms with Gasteiger partial charge in [0.05, 0.1) is 0 Å². The Bertz CT molecular complexity index is 1070. The lowest BCUT2D eigenvalue weighted by molar-refractivity contribution is -0.134. The molecule has 4 rings (SSSR count). The van der Waals surface area contributed by atoms with Crippen LogP contribution in [-0.4, -0.2) is 61.0 Å². The number of nitrogens with one attached hydrogen (secondary N) is 1. The van der Waals surface area contributed by atoms with Gasteiger partial charge in [-0.05, 0) is 42.7 Å². The Labute approximate surface area is 182 Å². The first kappa shape index (κ1) is 21.4. The molecule has 2 aliphatic rings. The van der Waals surface area contributed by atoms with Crippen LogP contribution < -0.4 is 5.32 Å². The first-order chi connectivity index (χ1) is 14.8. The predicted molar refractivity (Wildman–Crippen MR) is 114 cm³/mol. The maximum atomic E-state index is 12.8. The number of piperidine rings is 1. The molecule has 8 nitrogen and oxygen atoms in total. The topological polar surface area (TPSA) is 109 Å². The average Bonchev–Trinajstić information content (AvgIpc) is 3.58. The van der Waals surface area contributed by atoms with Gasteiger partial charge in [0.15, 0.2) is 0 Å². The van der Waals surface area contributed by atoms with Crippen LogP contribution in [0.4, 0.5) is 0 Å². The van der Waals surface area contributed by atoms with E-state index in [-0.39, 0.29) is 28.6 Å². The number of nitrogens with zero attached hydrogens (tertiary/aromatic N) is 3. The largest absolute Gasteiger partial charge is 0.350 e. The van der Waals surface area contributed by atoms with Gasteiger partial charge in [-0.2, -0.15) is 0 Å². The number of hydrogen-bond donors (Lipinski definition) is 1. The predicted octanol–water partition coefficient (Wildman–Crippen LogP) is 1.65. The number of carbonyl (C=O) groups is 2. The number of rotatable bonds is 6. The van der Waals surface area contributed by atoms with Crippen LogP contribution >= 0.6 is 0 Å². The van der Waals surface area contributed by atoms with Gasteiger partial charge in [-0.1, -0.05) is 30.3 Å². The maximum Gasteiger partial charge on any atom is 0.270 e. The molecule has 2 amide bonds. The zero-order chi connectivity index (χ0) is 22.0. The van der Waals surface area contributed by atoms with Crippen LogP contribution in [0, 0.1) is 11.8 Å². The van der Waals surface area contributed by atoms with Crippen molar-refractivity contribution in [3.8, 4) is 0 Å². The minimum absolute atomic E-state index is 0.0312. The molecule has 1 aromatic heterocycles. The summed E-state index contributed by atoms with van der Waals surface area (Å²) in [6.07, 6.45) is 4.85. The van der Waals surface area contributed by atoms with Crippen LogP contribution in [0.2, 0.25) is 0 Å². The fraction of sp³-hybridized carbons (Fsp3) is 0.455. The average molecular weight is 443 g/mol. The Morgan fingerprint density at radius 3 is 2.52 bits per heavy atom. The molecule has 1 aliphatic heterocycles. The van der Waals surface area contributed by atoms with E-state index in [0.717, 1.165) is 25.5 Å². The number of sulfone groups is 1. The molecule has 1 aliphatic carbocycles. The van der Waals surface area contributed by atoms with Crippen molar-refractivity contribution in [1.29, 1.82) is 0 Å². The third-order valence-electron chi connectivity index (χ3n) is 6.01. The van der Waals surface area contributed by atoms with E-state index in [1.165, 1.54) is 17.8 Å². The summed E-state index contributed by atoms with van der Waals surface area (Å²) in [7, 11) is -3.57. The molecular weight excluding hydrogens is 416 g/mol. The molecule has 0 radical (unpaired) electrons. The number of amides is 2. The molecule has 1 aromatic carbocycles. The lowest BCUT2D eigenvalue weighted by Crippen LogP contribution is -2.42. The smallest absolute Gasteiger partial charge is 0.270 e. The summed E-state index contributed by atoms with van der Waals surface area (Å²) in [4.78, 5) is 34.6. The second-order valence-electron chi connectivity index (χ2n) is 8.33. The van der Waals surface area contributed by atoms with E-state index in [4.69, 9.17) is 0 Å². The van der Waals surface area contributed by atoms with Gasteiger partial charge in [0.1, 0.15) is 5.69 Å². The number of aromatic nitrogens is 2. The Hall–Kier alpha value is -2.81. The molecule has 164 valence electrons. The number of hydrogen-bond acceptors (Lipinski definition) is 6. The fourth-order valence-electron chi connectivity index (χ4n) is 4.10. The highest BCUT2D eigenvalue weighted by molar-refractivity contribution is 7.90. The van der Waals surface area contributed by atoms with Crippen LogP contribution in [-0.2, 0) is 14.6 Å². The zero-order valence-corrected chi connectivity index (χ0v) is 18.2. The monoisotopic (exact) mass is 442 g/mol. The van der Waals surface area contributed by atoms with Crippen LogP contribution in [0.5, 0.6) is 0 Å². The Kier molecular flexibility index (Phi) is 6.04. The summed E-state index contributed by atoms with van der Waals surface area (Å²) >= 11 is 0. The van der Waals surface area contributed by atoms with Gasteiger partial charge in [-0.3, -0.25) is 9.59 Å². The second kappa shape index (κ2) is 8.74. The van der Waals surface area contributed by atoms with Gasteiger partial charge >= 0.3 is 0 Å². The van der Waals surface area contributed by atoms with Gasteiger partial charge in [-0.15, -0.1) is 0 Å². The molecule has 1 saturated heterocycles. The quantitative estimate of drug-likeness (QED) is 0.682. The third kappa shape index (κ3) is 5.10. The summed E-state index contributed by atoms with van der Waals surface area (Å²) in [6, 6.07) is 11.6. The number of likely N-dealkylation sites (tertiary alicyclic amines) is 1. The molecule has 2 fully saturated rings. The number of carbonyl (C=O) groups excluding carboxylic acids is 2. The Morgan fingerprint density at radius 2 is 1.84 bits per heavy atom. The van der Waals surface area contributed by atoms with Gasteiger partial charge in [-0.25, -0.2) is 18.4 Å². The molecule has 9 heteroatoms. The molecule has 0 spiro atoms. The van der Waals surface area contributed by atoms with E-state index >= 15 is 0 Å². The fourth-order valence-corrected chi connectivity index (χ4v) is 4.62. The van der Waals surface area contributed by atoms with Crippen molar-refractivity contribution in [2.24, 2.45) is 11.8 Å². The standard InChI is InChI=1S/C22H26N4O4S/c1-31(29,30)22-23-10-7-19(25-22)20(27)24-14-15-8-11-26(12-9-15)21(28)18-13-17(18)16-5-3-2-4-6-16/h2-7,10,15,17-18H,8-9,11-14H2,1H3,(H,24,27)/t17-,18+/m0/s1. The lowest BCUT2D eigenvalue weighted by atomic mass is 9.96. The summed E-state index contributed by atoms with van der Waals surface area (Å²) in [6.45, 7) is 1.86. The number of benzene rings is 1. The molecule has 2 atom stereocenters. The molecule has 1 N–H and O–H groups in total. The van der Waals surface area contributed by atoms with E-state index in [2.05, 4.69) is 27.4 Å². The van der Waals surface area contributed by atoms with Crippen molar-refractivity contribution in [3.05, 3.63) is 53.9 Å². The van der Waals surface area contributed by atoms with Crippen LogP contribution in [0.25, 0.3) is 0 Å². The molecule has 2 aromatic rings. The summed E-state index contributed by atoms with van der Waals surface area (Å²) in [5.41, 5.74) is 1.27. The van der Waals surface area contributed by atoms with E-state index in [0.29, 0.717) is 25.6 Å². The van der Waals surface area contributed by atoms with Crippen molar-refractivity contribution in [3.63, 3.8) is 0 Å². The summed E-state index contributed by atoms with van der Waals surface area (Å²) in [5.74, 6) is 0.532. The Balaban J connectivity index is 1.24. The maximum absolute atomic E-state index is 12.8. The SMILES string of the molecule is CS(=O)(=O)c1nccc(C(=O)NCC2CCN(C(=O)[C@@H]3C[C@H]3c3ccccc3)CC2)n1. The highest BCUT2D eigenvalue weighted by Gasteiger charge is 2.46. The van der Waals surface area contributed by atoms with Crippen molar-refractivity contribution in [2.75, 3.05) is 25.9 Å². The highest BCUT2D eigenvalue weighted by Crippen LogP contribution is 2.48. The van der Waals surface area contributed by atoms with Crippen LogP contribution in [0.15, 0.2) is 47.8 Å². The molecule has 0 bridgehead atoms. The van der Waals surface area contributed by atoms with E-state index in [1.54, 1.807) is 0 Å². The molecule has 1 saturated carbocycles. The minimum Gasteiger partial charge on any atom is -0.350 e. The Morgan fingerprint density at radius 1 is 1.13 bits per heavy atom. The molecule has 0 unspecified atom stereocenters. The second-order valence-corrected chi connectivity index (χ2v) is 10.2. The van der Waals surface area contributed by atoms with Crippen molar-refractivity contribution in [1.82, 2.24) is 20.2 Å². The summed E-state index contributed by atoms with van der Waals surface area (Å²) in [5, 5.41) is 2.47.